The Morgan fingerprint density at radius 3 is 2.55 bits per heavy atom. The highest BCUT2D eigenvalue weighted by Gasteiger charge is 2.40. The molecule has 2 atom stereocenters. The molecule has 5 heteroatoms. The number of carbonyl (C=O) groups is 2. The summed E-state index contributed by atoms with van der Waals surface area (Å²) in [4.78, 5) is 23.9. The van der Waals surface area contributed by atoms with Crippen molar-refractivity contribution in [2.24, 2.45) is 0 Å². The average molecular weight is 274 g/mol. The SMILES string of the molecule is O=C([O-])C[C@@H]1C(=O)NCC[NH+]1C1Cc2ccccc2C1. The molecule has 3 rings (SSSR count). The average Bonchev–Trinajstić information content (AvgIpc) is 2.84. The van der Waals surface area contributed by atoms with Crippen molar-refractivity contribution in [2.75, 3.05) is 13.1 Å². The van der Waals surface area contributed by atoms with E-state index in [0.29, 0.717) is 12.6 Å². The summed E-state index contributed by atoms with van der Waals surface area (Å²) in [5.74, 6) is -1.31. The van der Waals surface area contributed by atoms with Gasteiger partial charge >= 0.3 is 0 Å². The highest BCUT2D eigenvalue weighted by molar-refractivity contribution is 5.84. The standard InChI is InChI=1S/C15H18N2O3/c18-14(19)9-13-15(20)16-5-6-17(13)12-7-10-3-1-2-4-11(10)8-12/h1-4,12-13H,5-9H2,(H,16,20)(H,18,19)/t13-/m1/s1. The predicted molar refractivity (Wildman–Crippen MR) is 69.9 cm³/mol. The highest BCUT2D eigenvalue weighted by Crippen LogP contribution is 2.20. The Labute approximate surface area is 117 Å². The van der Waals surface area contributed by atoms with Crippen molar-refractivity contribution < 1.29 is 19.6 Å². The van der Waals surface area contributed by atoms with Crippen LogP contribution in [0.2, 0.25) is 0 Å². The number of rotatable bonds is 3. The molecule has 1 aliphatic carbocycles. The Morgan fingerprint density at radius 1 is 1.30 bits per heavy atom. The lowest BCUT2D eigenvalue weighted by molar-refractivity contribution is -0.941. The zero-order valence-electron chi connectivity index (χ0n) is 11.2. The van der Waals surface area contributed by atoms with E-state index in [1.165, 1.54) is 11.1 Å². The lowest BCUT2D eigenvalue weighted by atomic mass is 10.0. The number of hydrogen-bond donors (Lipinski definition) is 2. The van der Waals surface area contributed by atoms with Crippen LogP contribution in [0, 0.1) is 0 Å². The molecule has 0 aromatic heterocycles. The number of piperazine rings is 1. The molecule has 0 saturated carbocycles. The molecule has 0 radical (unpaired) electrons. The van der Waals surface area contributed by atoms with Crippen LogP contribution in [0.4, 0.5) is 0 Å². The number of fused-ring (bicyclic) bond motifs is 1. The molecule has 0 spiro atoms. The first kappa shape index (κ1) is 13.1. The monoisotopic (exact) mass is 274 g/mol. The maximum Gasteiger partial charge on any atom is 0.278 e. The number of quaternary nitrogens is 1. The van der Waals surface area contributed by atoms with Crippen molar-refractivity contribution in [3.8, 4) is 0 Å². The van der Waals surface area contributed by atoms with Gasteiger partial charge in [-0.3, -0.25) is 4.79 Å². The molecular weight excluding hydrogens is 256 g/mol. The van der Waals surface area contributed by atoms with Crippen LogP contribution in [0.3, 0.4) is 0 Å². The zero-order valence-corrected chi connectivity index (χ0v) is 11.2. The van der Waals surface area contributed by atoms with E-state index >= 15 is 0 Å². The number of benzene rings is 1. The molecule has 0 bridgehead atoms. The smallest absolute Gasteiger partial charge is 0.278 e. The second-order valence-corrected chi connectivity index (χ2v) is 5.62. The fraction of sp³-hybridized carbons (Fsp3) is 0.467. The number of carboxylic acid groups (broad SMARTS) is 1. The molecule has 2 aliphatic rings. The second-order valence-electron chi connectivity index (χ2n) is 5.62. The first-order valence-electron chi connectivity index (χ1n) is 7.05. The van der Waals surface area contributed by atoms with Crippen molar-refractivity contribution in [3.05, 3.63) is 35.4 Å². The van der Waals surface area contributed by atoms with Gasteiger partial charge in [-0.1, -0.05) is 24.3 Å². The Morgan fingerprint density at radius 2 is 1.95 bits per heavy atom. The van der Waals surface area contributed by atoms with Crippen LogP contribution in [-0.4, -0.2) is 37.0 Å². The van der Waals surface area contributed by atoms with Gasteiger partial charge < -0.3 is 20.1 Å². The molecule has 106 valence electrons. The number of hydrogen-bond acceptors (Lipinski definition) is 3. The van der Waals surface area contributed by atoms with Crippen LogP contribution in [0.1, 0.15) is 17.5 Å². The molecule has 1 fully saturated rings. The summed E-state index contributed by atoms with van der Waals surface area (Å²) in [6.07, 6.45) is 1.64. The minimum atomic E-state index is -1.15. The maximum atomic E-state index is 11.9. The minimum absolute atomic E-state index is 0.161. The van der Waals surface area contributed by atoms with Crippen LogP contribution in [-0.2, 0) is 22.4 Å². The van der Waals surface area contributed by atoms with Gasteiger partial charge in [0.1, 0.15) is 0 Å². The van der Waals surface area contributed by atoms with Gasteiger partial charge in [0.05, 0.1) is 19.1 Å². The molecule has 20 heavy (non-hydrogen) atoms. The van der Waals surface area contributed by atoms with E-state index in [9.17, 15) is 14.7 Å². The van der Waals surface area contributed by atoms with E-state index in [0.717, 1.165) is 24.3 Å². The van der Waals surface area contributed by atoms with Crippen molar-refractivity contribution in [1.29, 1.82) is 0 Å². The van der Waals surface area contributed by atoms with E-state index < -0.39 is 12.0 Å². The van der Waals surface area contributed by atoms with Gasteiger partial charge in [-0.15, -0.1) is 0 Å². The van der Waals surface area contributed by atoms with Gasteiger partial charge in [-0.2, -0.15) is 0 Å². The third-order valence-electron chi connectivity index (χ3n) is 4.42. The number of carbonyl (C=O) groups excluding carboxylic acids is 2. The number of nitrogens with one attached hydrogen (secondary N) is 2. The van der Waals surface area contributed by atoms with Crippen LogP contribution in [0.5, 0.6) is 0 Å². The van der Waals surface area contributed by atoms with Gasteiger partial charge in [-0.05, 0) is 11.1 Å². The molecule has 1 aromatic carbocycles. The predicted octanol–water partition coefficient (Wildman–Crippen LogP) is -2.32. The summed E-state index contributed by atoms with van der Waals surface area (Å²) in [5, 5.41) is 13.6. The van der Waals surface area contributed by atoms with E-state index in [4.69, 9.17) is 0 Å². The number of amides is 1. The molecule has 2 N–H and O–H groups in total. The van der Waals surface area contributed by atoms with E-state index in [-0.39, 0.29) is 12.3 Å². The Kier molecular flexibility index (Phi) is 3.44. The number of aliphatic carboxylic acids is 1. The Hall–Kier alpha value is -1.88. The molecule has 1 unspecified atom stereocenters. The van der Waals surface area contributed by atoms with Crippen LogP contribution < -0.4 is 15.3 Å². The summed E-state index contributed by atoms with van der Waals surface area (Å²) >= 11 is 0. The molecule has 1 heterocycles. The van der Waals surface area contributed by atoms with Crippen LogP contribution >= 0.6 is 0 Å². The van der Waals surface area contributed by atoms with Gasteiger partial charge in [0.25, 0.3) is 5.91 Å². The van der Waals surface area contributed by atoms with E-state index in [1.54, 1.807) is 0 Å². The minimum Gasteiger partial charge on any atom is -0.550 e. The quantitative estimate of drug-likeness (QED) is 0.650. The third-order valence-corrected chi connectivity index (χ3v) is 4.42. The summed E-state index contributed by atoms with van der Waals surface area (Å²) in [7, 11) is 0. The fourth-order valence-corrected chi connectivity index (χ4v) is 3.50. The van der Waals surface area contributed by atoms with Crippen LogP contribution in [0.15, 0.2) is 24.3 Å². The zero-order chi connectivity index (χ0) is 14.1. The molecule has 5 nitrogen and oxygen atoms in total. The number of carboxylic acids is 1. The third kappa shape index (κ3) is 2.41. The lowest BCUT2D eigenvalue weighted by Crippen LogP contribution is -3.22. The topological polar surface area (TPSA) is 73.7 Å². The molecule has 1 aliphatic heterocycles. The van der Waals surface area contributed by atoms with Crippen molar-refractivity contribution in [2.45, 2.75) is 31.3 Å². The first-order valence-corrected chi connectivity index (χ1v) is 7.05. The van der Waals surface area contributed by atoms with Crippen molar-refractivity contribution >= 4 is 11.9 Å². The maximum absolute atomic E-state index is 11.9. The van der Waals surface area contributed by atoms with Gasteiger partial charge in [-0.25, -0.2) is 0 Å². The summed E-state index contributed by atoms with van der Waals surface area (Å²) in [5.41, 5.74) is 2.64. The summed E-state index contributed by atoms with van der Waals surface area (Å²) in [6.45, 7) is 1.40. The summed E-state index contributed by atoms with van der Waals surface area (Å²) < 4.78 is 0. The van der Waals surface area contributed by atoms with E-state index in [2.05, 4.69) is 17.4 Å². The second kappa shape index (κ2) is 5.25. The molecule has 1 aromatic rings. The molecular formula is C15H18N2O3. The van der Waals surface area contributed by atoms with E-state index in [1.807, 2.05) is 12.1 Å². The van der Waals surface area contributed by atoms with Crippen molar-refractivity contribution in [1.82, 2.24) is 5.32 Å². The Bertz CT molecular complexity index is 519. The molecule has 1 saturated heterocycles. The molecule has 1 amide bonds. The van der Waals surface area contributed by atoms with Crippen LogP contribution in [0.25, 0.3) is 0 Å². The lowest BCUT2D eigenvalue weighted by Gasteiger charge is -2.36. The fourth-order valence-electron chi connectivity index (χ4n) is 3.50. The summed E-state index contributed by atoms with van der Waals surface area (Å²) in [6, 6.07) is 8.06. The van der Waals surface area contributed by atoms with Gasteiger partial charge in [0.15, 0.2) is 6.04 Å². The first-order chi connectivity index (χ1) is 9.65. The van der Waals surface area contributed by atoms with Gasteiger partial charge in [0.2, 0.25) is 0 Å². The largest absolute Gasteiger partial charge is 0.550 e. The van der Waals surface area contributed by atoms with Gasteiger partial charge in [0, 0.05) is 25.2 Å². The Balaban J connectivity index is 1.78. The van der Waals surface area contributed by atoms with Crippen molar-refractivity contribution in [3.63, 3.8) is 0 Å². The normalized spacial score (nSPS) is 26.1. The highest BCUT2D eigenvalue weighted by atomic mass is 16.4.